The maximum Gasteiger partial charge on any atom is 0.236 e. The molecule has 0 spiro atoms. The molecule has 124 valence electrons. The van der Waals surface area contributed by atoms with Gasteiger partial charge >= 0.3 is 0 Å². The second-order valence-corrected chi connectivity index (χ2v) is 7.23. The maximum absolute atomic E-state index is 12.1. The second-order valence-electron chi connectivity index (χ2n) is 5.30. The normalized spacial score (nSPS) is 10.8. The number of thioether (sulfide) groups is 1. The summed E-state index contributed by atoms with van der Waals surface area (Å²) in [4.78, 5) is 17.4. The highest BCUT2D eigenvalue weighted by Crippen LogP contribution is 2.23. The van der Waals surface area contributed by atoms with Gasteiger partial charge in [0.25, 0.3) is 0 Å². The molecule has 0 saturated carbocycles. The van der Waals surface area contributed by atoms with Gasteiger partial charge in [-0.3, -0.25) is 4.79 Å². The first-order valence-electron chi connectivity index (χ1n) is 7.44. The standard InChI is InChI=1S/C17H17N3O2S2/c1-11-5-3-6-12(2)16(11)18-14(21)9-23-10-15-19-17(20-22-15)13-7-4-8-24-13/h3-8H,9-10H2,1-2H3,(H,18,21). The van der Waals surface area contributed by atoms with Gasteiger partial charge in [0.15, 0.2) is 0 Å². The lowest BCUT2D eigenvalue weighted by Crippen LogP contribution is -2.15. The molecule has 24 heavy (non-hydrogen) atoms. The lowest BCUT2D eigenvalue weighted by atomic mass is 10.1. The van der Waals surface area contributed by atoms with Crippen LogP contribution < -0.4 is 5.32 Å². The summed E-state index contributed by atoms with van der Waals surface area (Å²) in [6, 6.07) is 9.85. The Balaban J connectivity index is 1.50. The number of carbonyl (C=O) groups excluding carboxylic acids is 1. The minimum atomic E-state index is -0.0320. The molecule has 1 N–H and O–H groups in total. The number of hydrogen-bond donors (Lipinski definition) is 1. The lowest BCUT2D eigenvalue weighted by molar-refractivity contribution is -0.113. The van der Waals surface area contributed by atoms with Crippen LogP contribution in [-0.2, 0) is 10.5 Å². The van der Waals surface area contributed by atoms with Gasteiger partial charge in [0.1, 0.15) is 0 Å². The van der Waals surface area contributed by atoms with E-state index >= 15 is 0 Å². The third-order valence-electron chi connectivity index (χ3n) is 3.41. The lowest BCUT2D eigenvalue weighted by Gasteiger charge is -2.10. The Morgan fingerprint density at radius 3 is 2.75 bits per heavy atom. The first kappa shape index (κ1) is 16.7. The molecule has 0 fully saturated rings. The Kier molecular flexibility index (Phi) is 5.32. The Morgan fingerprint density at radius 1 is 1.25 bits per heavy atom. The van der Waals surface area contributed by atoms with Crippen LogP contribution in [0.15, 0.2) is 40.2 Å². The zero-order valence-corrected chi connectivity index (χ0v) is 15.0. The molecule has 0 bridgehead atoms. The highest BCUT2D eigenvalue weighted by molar-refractivity contribution is 7.99. The Hall–Kier alpha value is -2.12. The van der Waals surface area contributed by atoms with Crippen molar-refractivity contribution in [3.05, 3.63) is 52.7 Å². The quantitative estimate of drug-likeness (QED) is 0.711. The van der Waals surface area contributed by atoms with Crippen molar-refractivity contribution in [1.29, 1.82) is 0 Å². The molecule has 0 aliphatic rings. The smallest absolute Gasteiger partial charge is 0.236 e. The number of thiophene rings is 1. The average molecular weight is 359 g/mol. The third kappa shape index (κ3) is 4.04. The number of carbonyl (C=O) groups is 1. The van der Waals surface area contributed by atoms with Gasteiger partial charge in [0, 0.05) is 5.69 Å². The summed E-state index contributed by atoms with van der Waals surface area (Å²) < 4.78 is 5.22. The number of nitrogens with zero attached hydrogens (tertiary/aromatic N) is 2. The topological polar surface area (TPSA) is 68.0 Å². The zero-order chi connectivity index (χ0) is 16.9. The van der Waals surface area contributed by atoms with Crippen molar-refractivity contribution >= 4 is 34.7 Å². The van der Waals surface area contributed by atoms with E-state index < -0.39 is 0 Å². The second kappa shape index (κ2) is 7.63. The molecule has 0 radical (unpaired) electrons. The Labute approximate surface area is 148 Å². The van der Waals surface area contributed by atoms with Crippen LogP contribution in [0, 0.1) is 13.8 Å². The van der Waals surface area contributed by atoms with E-state index in [0.717, 1.165) is 21.7 Å². The fraction of sp³-hybridized carbons (Fsp3) is 0.235. The van der Waals surface area contributed by atoms with Crippen LogP contribution in [0.1, 0.15) is 17.0 Å². The Morgan fingerprint density at radius 2 is 2.04 bits per heavy atom. The fourth-order valence-corrected chi connectivity index (χ4v) is 3.54. The first-order chi connectivity index (χ1) is 11.6. The Bertz CT molecular complexity index is 808. The average Bonchev–Trinajstić information content (AvgIpc) is 3.22. The number of aryl methyl sites for hydroxylation is 2. The summed E-state index contributed by atoms with van der Waals surface area (Å²) in [7, 11) is 0. The van der Waals surface area contributed by atoms with Crippen molar-refractivity contribution in [2.75, 3.05) is 11.1 Å². The molecule has 3 rings (SSSR count). The number of benzene rings is 1. The highest BCUT2D eigenvalue weighted by atomic mass is 32.2. The minimum Gasteiger partial charge on any atom is -0.338 e. The monoisotopic (exact) mass is 359 g/mol. The first-order valence-corrected chi connectivity index (χ1v) is 9.47. The van der Waals surface area contributed by atoms with Gasteiger partial charge in [-0.25, -0.2) is 0 Å². The molecule has 5 nitrogen and oxygen atoms in total. The minimum absolute atomic E-state index is 0.0320. The molecule has 0 atom stereocenters. The van der Waals surface area contributed by atoms with Gasteiger partial charge < -0.3 is 9.84 Å². The molecular weight excluding hydrogens is 342 g/mol. The van der Waals surface area contributed by atoms with Crippen LogP contribution in [0.3, 0.4) is 0 Å². The van der Waals surface area contributed by atoms with E-state index in [1.807, 2.05) is 49.6 Å². The van der Waals surface area contributed by atoms with E-state index in [2.05, 4.69) is 15.5 Å². The summed E-state index contributed by atoms with van der Waals surface area (Å²) in [5.74, 6) is 1.95. The van der Waals surface area contributed by atoms with E-state index in [1.54, 1.807) is 11.3 Å². The molecule has 0 unspecified atom stereocenters. The molecule has 0 aliphatic carbocycles. The van der Waals surface area contributed by atoms with Gasteiger partial charge in [0.05, 0.1) is 16.4 Å². The predicted octanol–water partition coefficient (Wildman–Crippen LogP) is 4.29. The molecule has 2 aromatic heterocycles. The number of hydrogen-bond acceptors (Lipinski definition) is 6. The zero-order valence-electron chi connectivity index (χ0n) is 13.4. The third-order valence-corrected chi connectivity index (χ3v) is 5.20. The van der Waals surface area contributed by atoms with Crippen molar-refractivity contribution in [2.45, 2.75) is 19.6 Å². The predicted molar refractivity (Wildman–Crippen MR) is 98.3 cm³/mol. The SMILES string of the molecule is Cc1cccc(C)c1NC(=O)CSCc1nc(-c2cccs2)no1. The summed E-state index contributed by atoms with van der Waals surface area (Å²) in [5.41, 5.74) is 3.01. The van der Waals surface area contributed by atoms with Crippen molar-refractivity contribution in [2.24, 2.45) is 0 Å². The van der Waals surface area contributed by atoms with Crippen molar-refractivity contribution in [3.63, 3.8) is 0 Å². The summed E-state index contributed by atoms with van der Waals surface area (Å²) >= 11 is 3.02. The van der Waals surface area contributed by atoms with Crippen LogP contribution in [0.5, 0.6) is 0 Å². The number of aromatic nitrogens is 2. The van der Waals surface area contributed by atoms with Crippen LogP contribution in [0.25, 0.3) is 10.7 Å². The van der Waals surface area contributed by atoms with E-state index in [9.17, 15) is 4.79 Å². The van der Waals surface area contributed by atoms with E-state index in [-0.39, 0.29) is 5.91 Å². The van der Waals surface area contributed by atoms with Crippen molar-refractivity contribution in [1.82, 2.24) is 10.1 Å². The molecule has 1 amide bonds. The van der Waals surface area contributed by atoms with Gasteiger partial charge in [-0.05, 0) is 36.4 Å². The van der Waals surface area contributed by atoms with E-state index in [1.165, 1.54) is 11.8 Å². The molecule has 0 aliphatic heterocycles. The summed E-state index contributed by atoms with van der Waals surface area (Å²) in [6.07, 6.45) is 0. The number of para-hydroxylation sites is 1. The number of amides is 1. The van der Waals surface area contributed by atoms with Gasteiger partial charge in [-0.2, -0.15) is 4.98 Å². The van der Waals surface area contributed by atoms with Gasteiger partial charge in [-0.1, -0.05) is 29.4 Å². The largest absolute Gasteiger partial charge is 0.338 e. The van der Waals surface area contributed by atoms with Crippen LogP contribution >= 0.6 is 23.1 Å². The van der Waals surface area contributed by atoms with E-state index in [4.69, 9.17) is 4.52 Å². The number of nitrogens with one attached hydrogen (secondary N) is 1. The van der Waals surface area contributed by atoms with Crippen LogP contribution in [0.4, 0.5) is 5.69 Å². The van der Waals surface area contributed by atoms with Gasteiger partial charge in [-0.15, -0.1) is 23.1 Å². The molecule has 1 aromatic carbocycles. The van der Waals surface area contributed by atoms with Crippen molar-refractivity contribution < 1.29 is 9.32 Å². The molecule has 0 saturated heterocycles. The van der Waals surface area contributed by atoms with Crippen LogP contribution in [0.2, 0.25) is 0 Å². The van der Waals surface area contributed by atoms with E-state index in [0.29, 0.717) is 23.2 Å². The van der Waals surface area contributed by atoms with Crippen LogP contribution in [-0.4, -0.2) is 21.8 Å². The number of rotatable bonds is 6. The van der Waals surface area contributed by atoms with Crippen molar-refractivity contribution in [3.8, 4) is 10.7 Å². The summed E-state index contributed by atoms with van der Waals surface area (Å²) in [6.45, 7) is 3.97. The maximum atomic E-state index is 12.1. The number of anilines is 1. The van der Waals surface area contributed by atoms with Gasteiger partial charge in [0.2, 0.25) is 17.6 Å². The summed E-state index contributed by atoms with van der Waals surface area (Å²) in [5, 5.41) is 8.90. The molecule has 3 aromatic rings. The molecular formula is C17H17N3O2S2. The fourth-order valence-electron chi connectivity index (χ4n) is 2.24. The highest BCUT2D eigenvalue weighted by Gasteiger charge is 2.11. The molecule has 7 heteroatoms. The molecule has 2 heterocycles.